The van der Waals surface area contributed by atoms with E-state index in [1.165, 1.54) is 10.5 Å². The number of hydrogen-bond acceptors (Lipinski definition) is 2. The van der Waals surface area contributed by atoms with Crippen molar-refractivity contribution in [1.82, 2.24) is 4.98 Å². The van der Waals surface area contributed by atoms with E-state index in [0.717, 1.165) is 17.5 Å². The largest absolute Gasteiger partial charge is 0.465 e. The van der Waals surface area contributed by atoms with E-state index in [-0.39, 0.29) is 0 Å². The van der Waals surface area contributed by atoms with Crippen molar-refractivity contribution in [3.8, 4) is 0 Å². The fraction of sp³-hybridized carbons (Fsp3) is 0.500. The molecule has 0 saturated carbocycles. The molecule has 0 aromatic carbocycles. The summed E-state index contributed by atoms with van der Waals surface area (Å²) >= 11 is 0. The van der Waals surface area contributed by atoms with E-state index in [9.17, 15) is 9.90 Å². The summed E-state index contributed by atoms with van der Waals surface area (Å²) in [5.41, 5.74) is 2.60. The molecule has 0 aliphatic heterocycles. The van der Waals surface area contributed by atoms with Crippen LogP contribution in [0.4, 0.5) is 10.6 Å². The monoisotopic (exact) mass is 276 g/mol. The van der Waals surface area contributed by atoms with Crippen LogP contribution in [0.15, 0.2) is 18.3 Å². The molecule has 0 atom stereocenters. The van der Waals surface area contributed by atoms with Gasteiger partial charge in [0.1, 0.15) is 5.82 Å². The Hall–Kier alpha value is -1.84. The van der Waals surface area contributed by atoms with Crippen molar-refractivity contribution in [2.75, 3.05) is 4.90 Å². The molecule has 4 nitrogen and oxygen atoms in total. The molecule has 0 radical (unpaired) electrons. The zero-order chi connectivity index (χ0) is 15.5. The highest BCUT2D eigenvalue weighted by Gasteiger charge is 2.30. The summed E-state index contributed by atoms with van der Waals surface area (Å²) in [7, 11) is 0. The third kappa shape index (κ3) is 3.38. The molecule has 0 bridgehead atoms. The molecule has 4 heteroatoms. The molecule has 20 heavy (non-hydrogen) atoms. The number of allylic oxidation sites excluding steroid dienone is 2. The third-order valence-corrected chi connectivity index (χ3v) is 3.22. The van der Waals surface area contributed by atoms with Crippen LogP contribution in [0.1, 0.15) is 52.2 Å². The van der Waals surface area contributed by atoms with Gasteiger partial charge in [-0.05, 0) is 63.8 Å². The van der Waals surface area contributed by atoms with Gasteiger partial charge in [0, 0.05) is 11.7 Å². The second-order valence-corrected chi connectivity index (χ2v) is 5.82. The van der Waals surface area contributed by atoms with Gasteiger partial charge in [0.2, 0.25) is 0 Å². The SMILES string of the molecule is C/C=C(\CC)c1cnc(N(C(=O)O)C(C)(C)C)c(C)c1. The highest BCUT2D eigenvalue weighted by atomic mass is 16.4. The second kappa shape index (κ2) is 6.07. The molecule has 1 aromatic rings. The number of anilines is 1. The van der Waals surface area contributed by atoms with Gasteiger partial charge in [-0.2, -0.15) is 0 Å². The minimum Gasteiger partial charge on any atom is -0.465 e. The van der Waals surface area contributed by atoms with E-state index in [2.05, 4.69) is 18.0 Å². The number of carboxylic acid groups (broad SMARTS) is 1. The van der Waals surface area contributed by atoms with Crippen molar-refractivity contribution in [1.29, 1.82) is 0 Å². The molecule has 110 valence electrons. The Morgan fingerprint density at radius 1 is 1.45 bits per heavy atom. The van der Waals surface area contributed by atoms with Crippen LogP contribution in [0, 0.1) is 6.92 Å². The van der Waals surface area contributed by atoms with Gasteiger partial charge >= 0.3 is 6.09 Å². The first-order chi connectivity index (χ1) is 9.22. The van der Waals surface area contributed by atoms with E-state index in [4.69, 9.17) is 0 Å². The van der Waals surface area contributed by atoms with Gasteiger partial charge in [-0.15, -0.1) is 0 Å². The number of aromatic nitrogens is 1. The zero-order valence-corrected chi connectivity index (χ0v) is 13.2. The van der Waals surface area contributed by atoms with Crippen LogP contribution in [0.3, 0.4) is 0 Å². The van der Waals surface area contributed by atoms with Crippen molar-refractivity contribution < 1.29 is 9.90 Å². The predicted octanol–water partition coefficient (Wildman–Crippen LogP) is 4.49. The first-order valence-corrected chi connectivity index (χ1v) is 6.87. The van der Waals surface area contributed by atoms with E-state index < -0.39 is 11.6 Å². The standard InChI is InChI=1S/C16H24N2O2/c1-7-12(8-2)13-9-11(3)14(17-10-13)18(15(19)20)16(4,5)6/h7,9-10H,8H2,1-6H3,(H,19,20)/b12-7+. The number of hydrogen-bond donors (Lipinski definition) is 1. The highest BCUT2D eigenvalue weighted by molar-refractivity contribution is 5.87. The average molecular weight is 276 g/mol. The van der Waals surface area contributed by atoms with Gasteiger partial charge in [-0.3, -0.25) is 4.90 Å². The average Bonchev–Trinajstić information content (AvgIpc) is 2.31. The smallest absolute Gasteiger partial charge is 0.413 e. The maximum Gasteiger partial charge on any atom is 0.413 e. The van der Waals surface area contributed by atoms with E-state index in [0.29, 0.717) is 5.82 Å². The molecule has 1 amide bonds. The number of aryl methyl sites for hydroxylation is 1. The Morgan fingerprint density at radius 3 is 2.40 bits per heavy atom. The lowest BCUT2D eigenvalue weighted by Gasteiger charge is -2.33. The summed E-state index contributed by atoms with van der Waals surface area (Å²) in [6.45, 7) is 11.6. The summed E-state index contributed by atoms with van der Waals surface area (Å²) in [4.78, 5) is 17.2. The van der Waals surface area contributed by atoms with Crippen molar-refractivity contribution in [3.05, 3.63) is 29.5 Å². The van der Waals surface area contributed by atoms with Crippen molar-refractivity contribution >= 4 is 17.5 Å². The first-order valence-electron chi connectivity index (χ1n) is 6.87. The van der Waals surface area contributed by atoms with Gasteiger partial charge in [-0.1, -0.05) is 13.0 Å². The molecule has 0 saturated heterocycles. The maximum absolute atomic E-state index is 11.5. The molecule has 1 heterocycles. The van der Waals surface area contributed by atoms with Crippen molar-refractivity contribution in [2.45, 2.75) is 53.5 Å². The van der Waals surface area contributed by atoms with Gasteiger partial charge in [0.15, 0.2) is 0 Å². The fourth-order valence-electron chi connectivity index (χ4n) is 2.25. The van der Waals surface area contributed by atoms with Crippen LogP contribution in [-0.4, -0.2) is 21.7 Å². The van der Waals surface area contributed by atoms with Crippen LogP contribution >= 0.6 is 0 Å². The molecule has 0 fully saturated rings. The summed E-state index contributed by atoms with van der Waals surface area (Å²) in [6.07, 6.45) is 3.76. The number of nitrogens with zero attached hydrogens (tertiary/aromatic N) is 2. The minimum absolute atomic E-state index is 0.500. The molecule has 0 aliphatic carbocycles. The maximum atomic E-state index is 11.5. The van der Waals surface area contributed by atoms with E-state index in [1.54, 1.807) is 6.20 Å². The second-order valence-electron chi connectivity index (χ2n) is 5.82. The summed E-state index contributed by atoms with van der Waals surface area (Å²) in [5, 5.41) is 9.43. The molecule has 1 N–H and O–H groups in total. The molecule has 0 spiro atoms. The van der Waals surface area contributed by atoms with Gasteiger partial charge in [0.25, 0.3) is 0 Å². The van der Waals surface area contributed by atoms with Crippen LogP contribution in [-0.2, 0) is 0 Å². The Labute approximate surface area is 121 Å². The number of carbonyl (C=O) groups is 1. The lowest BCUT2D eigenvalue weighted by atomic mass is 10.0. The molecule has 0 aliphatic rings. The Bertz CT molecular complexity index is 528. The summed E-state index contributed by atoms with van der Waals surface area (Å²) in [6, 6.07) is 2.00. The van der Waals surface area contributed by atoms with E-state index in [1.807, 2.05) is 40.7 Å². The molecular formula is C16H24N2O2. The quantitative estimate of drug-likeness (QED) is 0.885. The van der Waals surface area contributed by atoms with Crippen LogP contribution < -0.4 is 4.90 Å². The Balaban J connectivity index is 3.31. The highest BCUT2D eigenvalue weighted by Crippen LogP contribution is 2.28. The third-order valence-electron chi connectivity index (χ3n) is 3.22. The molecule has 0 unspecified atom stereocenters. The minimum atomic E-state index is -0.984. The lowest BCUT2D eigenvalue weighted by molar-refractivity contribution is 0.195. The zero-order valence-electron chi connectivity index (χ0n) is 13.2. The van der Waals surface area contributed by atoms with Gasteiger partial charge in [-0.25, -0.2) is 9.78 Å². The Kier molecular flexibility index (Phi) is 4.93. The Morgan fingerprint density at radius 2 is 2.05 bits per heavy atom. The summed E-state index contributed by atoms with van der Waals surface area (Å²) < 4.78 is 0. The predicted molar refractivity (Wildman–Crippen MR) is 83.2 cm³/mol. The van der Waals surface area contributed by atoms with Gasteiger partial charge < -0.3 is 5.11 Å². The molecular weight excluding hydrogens is 252 g/mol. The van der Waals surface area contributed by atoms with Crippen LogP contribution in [0.25, 0.3) is 5.57 Å². The van der Waals surface area contributed by atoms with Crippen molar-refractivity contribution in [3.63, 3.8) is 0 Å². The topological polar surface area (TPSA) is 53.4 Å². The molecule has 1 rings (SSSR count). The lowest BCUT2D eigenvalue weighted by Crippen LogP contribution is -2.46. The molecule has 1 aromatic heterocycles. The number of rotatable bonds is 3. The van der Waals surface area contributed by atoms with Gasteiger partial charge in [0.05, 0.1) is 0 Å². The number of amides is 1. The summed E-state index contributed by atoms with van der Waals surface area (Å²) in [5.74, 6) is 0.500. The first kappa shape index (κ1) is 16.2. The normalized spacial score (nSPS) is 12.4. The van der Waals surface area contributed by atoms with Crippen LogP contribution in [0.2, 0.25) is 0 Å². The fourth-order valence-corrected chi connectivity index (χ4v) is 2.25. The van der Waals surface area contributed by atoms with E-state index >= 15 is 0 Å². The van der Waals surface area contributed by atoms with Crippen LogP contribution in [0.5, 0.6) is 0 Å². The van der Waals surface area contributed by atoms with Crippen molar-refractivity contribution in [2.24, 2.45) is 0 Å². The number of pyridine rings is 1.